The minimum atomic E-state index is 0.556. The van der Waals surface area contributed by atoms with Crippen LogP contribution in [-0.4, -0.2) is 60.6 Å². The molecule has 3 aromatic heterocycles. The van der Waals surface area contributed by atoms with E-state index in [0.29, 0.717) is 32.2 Å². The first-order chi connectivity index (χ1) is 14.8. The molecule has 7 heteroatoms. The second kappa shape index (κ2) is 8.20. The van der Waals surface area contributed by atoms with Crippen LogP contribution in [-0.2, 0) is 4.74 Å². The number of nitrogens with zero attached hydrogens (tertiary/aromatic N) is 5. The minimum Gasteiger partial charge on any atom is -0.478 e. The number of allylic oxidation sites excluding steroid dienone is 1. The van der Waals surface area contributed by atoms with Gasteiger partial charge in [0.15, 0.2) is 0 Å². The lowest BCUT2D eigenvalue weighted by Gasteiger charge is -2.28. The maximum absolute atomic E-state index is 5.84. The first-order valence-corrected chi connectivity index (χ1v) is 10.2. The van der Waals surface area contributed by atoms with E-state index in [1.165, 1.54) is 0 Å². The van der Waals surface area contributed by atoms with Crippen LogP contribution in [0.4, 0.5) is 5.82 Å². The zero-order valence-corrected chi connectivity index (χ0v) is 16.9. The van der Waals surface area contributed by atoms with Crippen LogP contribution < -0.4 is 9.64 Å². The van der Waals surface area contributed by atoms with Gasteiger partial charge in [-0.05, 0) is 37.3 Å². The molecular formula is C23H23N5O2. The standard InChI is InChI=1S/C23H23N5O2/c1-2-30-23-18(4-3-7-26-23)19-14-20(28-10-12-29-13-11-28)27-22-17(19)6-9-25-21(22)16-5-8-24-15-16/h3-9,14H,2,10-13,15H2,1H3. The molecular weight excluding hydrogens is 378 g/mol. The van der Waals surface area contributed by atoms with Crippen LogP contribution in [0.15, 0.2) is 47.7 Å². The van der Waals surface area contributed by atoms with Gasteiger partial charge in [-0.15, -0.1) is 0 Å². The highest BCUT2D eigenvalue weighted by Crippen LogP contribution is 2.37. The van der Waals surface area contributed by atoms with Crippen molar-refractivity contribution in [3.05, 3.63) is 48.4 Å². The van der Waals surface area contributed by atoms with E-state index >= 15 is 0 Å². The lowest BCUT2D eigenvalue weighted by Crippen LogP contribution is -2.36. The molecule has 30 heavy (non-hydrogen) atoms. The fraction of sp³-hybridized carbons (Fsp3) is 0.304. The van der Waals surface area contributed by atoms with Crippen molar-refractivity contribution in [3.8, 4) is 17.0 Å². The highest BCUT2D eigenvalue weighted by atomic mass is 16.5. The van der Waals surface area contributed by atoms with Gasteiger partial charge in [0.25, 0.3) is 0 Å². The third-order valence-corrected chi connectivity index (χ3v) is 5.34. The van der Waals surface area contributed by atoms with Crippen molar-refractivity contribution in [3.63, 3.8) is 0 Å². The van der Waals surface area contributed by atoms with E-state index in [-0.39, 0.29) is 0 Å². The Hall–Kier alpha value is -3.32. The highest BCUT2D eigenvalue weighted by Gasteiger charge is 2.21. The SMILES string of the molecule is CCOc1ncccc1-c1cc(N2CCOCC2)nc2c(C3=CC=NC3)nccc12. The van der Waals surface area contributed by atoms with Crippen LogP contribution in [0.1, 0.15) is 12.6 Å². The number of pyridine rings is 3. The summed E-state index contributed by atoms with van der Waals surface area (Å²) in [5.74, 6) is 1.54. The van der Waals surface area contributed by atoms with Crippen LogP contribution in [0.25, 0.3) is 27.6 Å². The Kier molecular flexibility index (Phi) is 5.11. The minimum absolute atomic E-state index is 0.556. The Bertz CT molecular complexity index is 1140. The van der Waals surface area contributed by atoms with Gasteiger partial charge in [0.2, 0.25) is 5.88 Å². The van der Waals surface area contributed by atoms with Crippen molar-refractivity contribution in [1.82, 2.24) is 15.0 Å². The van der Waals surface area contributed by atoms with E-state index in [1.807, 2.05) is 43.6 Å². The first kappa shape index (κ1) is 18.7. The molecule has 5 heterocycles. The molecule has 2 aliphatic rings. The van der Waals surface area contributed by atoms with Gasteiger partial charge in [-0.25, -0.2) is 9.97 Å². The zero-order valence-electron chi connectivity index (χ0n) is 16.9. The van der Waals surface area contributed by atoms with Gasteiger partial charge >= 0.3 is 0 Å². The molecule has 0 bridgehead atoms. The van der Waals surface area contributed by atoms with E-state index in [2.05, 4.69) is 25.9 Å². The number of fused-ring (bicyclic) bond motifs is 1. The normalized spacial score (nSPS) is 16.2. The largest absolute Gasteiger partial charge is 0.478 e. The van der Waals surface area contributed by atoms with Gasteiger partial charge in [-0.1, -0.05) is 0 Å². The fourth-order valence-electron chi connectivity index (χ4n) is 3.90. The topological polar surface area (TPSA) is 72.7 Å². The van der Waals surface area contributed by atoms with Crippen molar-refractivity contribution >= 4 is 28.5 Å². The van der Waals surface area contributed by atoms with Gasteiger partial charge < -0.3 is 14.4 Å². The number of ether oxygens (including phenoxy) is 2. The molecule has 0 aliphatic carbocycles. The molecule has 0 radical (unpaired) electrons. The highest BCUT2D eigenvalue weighted by molar-refractivity contribution is 6.03. The Labute approximate surface area is 175 Å². The number of anilines is 1. The molecule has 0 spiro atoms. The van der Waals surface area contributed by atoms with Crippen LogP contribution in [0.3, 0.4) is 0 Å². The number of morpholine rings is 1. The quantitative estimate of drug-likeness (QED) is 0.653. The molecule has 0 saturated carbocycles. The Balaban J connectivity index is 1.75. The molecule has 3 aromatic rings. The summed E-state index contributed by atoms with van der Waals surface area (Å²) in [6, 6.07) is 8.14. The third kappa shape index (κ3) is 3.41. The van der Waals surface area contributed by atoms with Gasteiger partial charge in [0, 0.05) is 53.8 Å². The Morgan fingerprint density at radius 2 is 2.00 bits per heavy atom. The molecule has 152 valence electrons. The average molecular weight is 401 g/mol. The molecule has 0 unspecified atom stereocenters. The van der Waals surface area contributed by atoms with Gasteiger partial charge in [-0.3, -0.25) is 9.98 Å². The predicted octanol–water partition coefficient (Wildman–Crippen LogP) is 3.39. The number of rotatable bonds is 5. The maximum Gasteiger partial charge on any atom is 0.221 e. The van der Waals surface area contributed by atoms with Gasteiger partial charge in [0.1, 0.15) is 5.82 Å². The summed E-state index contributed by atoms with van der Waals surface area (Å²) in [7, 11) is 0. The van der Waals surface area contributed by atoms with E-state index in [4.69, 9.17) is 14.5 Å². The summed E-state index contributed by atoms with van der Waals surface area (Å²) in [6.07, 6.45) is 7.44. The number of hydrogen-bond acceptors (Lipinski definition) is 7. The summed E-state index contributed by atoms with van der Waals surface area (Å²) in [6.45, 7) is 6.17. The molecule has 0 amide bonds. The van der Waals surface area contributed by atoms with Crippen molar-refractivity contribution in [2.45, 2.75) is 6.92 Å². The van der Waals surface area contributed by atoms with Gasteiger partial charge in [0.05, 0.1) is 37.6 Å². The summed E-state index contributed by atoms with van der Waals surface area (Å²) in [4.78, 5) is 20.8. The van der Waals surface area contributed by atoms with Gasteiger partial charge in [-0.2, -0.15) is 0 Å². The molecule has 1 saturated heterocycles. The summed E-state index contributed by atoms with van der Waals surface area (Å²) in [5, 5.41) is 1.03. The lowest BCUT2D eigenvalue weighted by molar-refractivity contribution is 0.122. The van der Waals surface area contributed by atoms with Crippen molar-refractivity contribution in [2.75, 3.05) is 44.4 Å². The molecule has 1 fully saturated rings. The molecule has 0 aromatic carbocycles. The lowest BCUT2D eigenvalue weighted by atomic mass is 10.00. The predicted molar refractivity (Wildman–Crippen MR) is 118 cm³/mol. The second-order valence-corrected chi connectivity index (χ2v) is 7.15. The van der Waals surface area contributed by atoms with E-state index < -0.39 is 0 Å². The number of hydrogen-bond donors (Lipinski definition) is 0. The number of aliphatic imine (C=N–C) groups is 1. The Morgan fingerprint density at radius 1 is 1.10 bits per heavy atom. The van der Waals surface area contributed by atoms with Crippen LogP contribution in [0.5, 0.6) is 5.88 Å². The first-order valence-electron chi connectivity index (χ1n) is 10.2. The van der Waals surface area contributed by atoms with E-state index in [9.17, 15) is 0 Å². The smallest absolute Gasteiger partial charge is 0.221 e. The van der Waals surface area contributed by atoms with Crippen LogP contribution in [0, 0.1) is 0 Å². The molecule has 0 atom stereocenters. The number of aromatic nitrogens is 3. The van der Waals surface area contributed by atoms with Crippen LogP contribution in [0.2, 0.25) is 0 Å². The Morgan fingerprint density at radius 3 is 2.80 bits per heavy atom. The zero-order chi connectivity index (χ0) is 20.3. The monoisotopic (exact) mass is 401 g/mol. The van der Waals surface area contributed by atoms with E-state index in [1.54, 1.807) is 6.20 Å². The maximum atomic E-state index is 5.84. The van der Waals surface area contributed by atoms with Crippen molar-refractivity contribution in [2.24, 2.45) is 4.99 Å². The fourth-order valence-corrected chi connectivity index (χ4v) is 3.90. The summed E-state index contributed by atoms with van der Waals surface area (Å²) in [5.41, 5.74) is 4.83. The average Bonchev–Trinajstić information content (AvgIpc) is 3.34. The third-order valence-electron chi connectivity index (χ3n) is 5.34. The van der Waals surface area contributed by atoms with E-state index in [0.717, 1.165) is 52.2 Å². The molecule has 2 aliphatic heterocycles. The van der Waals surface area contributed by atoms with Crippen molar-refractivity contribution < 1.29 is 9.47 Å². The summed E-state index contributed by atoms with van der Waals surface area (Å²) >= 11 is 0. The molecule has 7 nitrogen and oxygen atoms in total. The van der Waals surface area contributed by atoms with Crippen molar-refractivity contribution in [1.29, 1.82) is 0 Å². The molecule has 0 N–H and O–H groups in total. The van der Waals surface area contributed by atoms with Crippen LogP contribution >= 0.6 is 0 Å². The second-order valence-electron chi connectivity index (χ2n) is 7.15. The summed E-state index contributed by atoms with van der Waals surface area (Å²) < 4.78 is 11.4. The molecule has 5 rings (SSSR count).